The standard InChI is InChI=1S/C19H21N5O3/c25-17-13-5-1-2-6-14(13)18(26)24(17)12-10-20-19(27)23-11-4-3-7-16(23)15-8-9-21-22-15/h1-2,5-6,8-9,16H,3-4,7,10-12H2,(H,20,27)(H,21,22). The number of nitrogens with one attached hydrogen (secondary N) is 2. The highest BCUT2D eigenvalue weighted by atomic mass is 16.2. The fourth-order valence-electron chi connectivity index (χ4n) is 3.77. The lowest BCUT2D eigenvalue weighted by molar-refractivity contribution is 0.0654. The molecule has 0 spiro atoms. The molecule has 0 aliphatic carbocycles. The van der Waals surface area contributed by atoms with Crippen LogP contribution < -0.4 is 5.32 Å². The monoisotopic (exact) mass is 367 g/mol. The van der Waals surface area contributed by atoms with Gasteiger partial charge in [0.05, 0.1) is 22.9 Å². The summed E-state index contributed by atoms with van der Waals surface area (Å²) in [5, 5.41) is 9.77. The minimum absolute atomic E-state index is 0.0273. The quantitative estimate of drug-likeness (QED) is 0.807. The van der Waals surface area contributed by atoms with Crippen LogP contribution in [0.2, 0.25) is 0 Å². The Morgan fingerprint density at radius 3 is 2.56 bits per heavy atom. The maximum absolute atomic E-state index is 12.7. The molecule has 3 heterocycles. The zero-order valence-corrected chi connectivity index (χ0v) is 14.9. The van der Waals surface area contributed by atoms with Gasteiger partial charge in [0.2, 0.25) is 0 Å². The van der Waals surface area contributed by atoms with Crippen LogP contribution in [-0.4, -0.2) is 57.5 Å². The third-order valence-electron chi connectivity index (χ3n) is 5.13. The second-order valence-corrected chi connectivity index (χ2v) is 6.76. The van der Waals surface area contributed by atoms with E-state index < -0.39 is 0 Å². The van der Waals surface area contributed by atoms with E-state index in [4.69, 9.17) is 0 Å². The number of amides is 4. The first-order chi connectivity index (χ1) is 13.2. The topological polar surface area (TPSA) is 98.4 Å². The average molecular weight is 367 g/mol. The Morgan fingerprint density at radius 1 is 1.15 bits per heavy atom. The summed E-state index contributed by atoms with van der Waals surface area (Å²) in [6.07, 6.45) is 4.58. The van der Waals surface area contributed by atoms with Gasteiger partial charge in [0.25, 0.3) is 11.8 Å². The highest BCUT2D eigenvalue weighted by molar-refractivity contribution is 6.21. The van der Waals surface area contributed by atoms with E-state index in [1.807, 2.05) is 6.07 Å². The number of nitrogens with zero attached hydrogens (tertiary/aromatic N) is 3. The Hall–Kier alpha value is -3.16. The number of carbonyl (C=O) groups excluding carboxylic acids is 3. The van der Waals surface area contributed by atoms with Crippen molar-refractivity contribution < 1.29 is 14.4 Å². The third-order valence-corrected chi connectivity index (χ3v) is 5.13. The van der Waals surface area contributed by atoms with E-state index in [-0.39, 0.29) is 37.0 Å². The summed E-state index contributed by atoms with van der Waals surface area (Å²) in [6.45, 7) is 1.04. The van der Waals surface area contributed by atoms with Crippen LogP contribution in [0, 0.1) is 0 Å². The van der Waals surface area contributed by atoms with Gasteiger partial charge in [0.15, 0.2) is 0 Å². The summed E-state index contributed by atoms with van der Waals surface area (Å²) in [4.78, 5) is 40.4. The number of hydrogen-bond donors (Lipinski definition) is 2. The van der Waals surface area contributed by atoms with Crippen molar-refractivity contribution in [2.75, 3.05) is 19.6 Å². The van der Waals surface area contributed by atoms with Crippen molar-refractivity contribution in [3.05, 3.63) is 53.3 Å². The van der Waals surface area contributed by atoms with Gasteiger partial charge in [-0.15, -0.1) is 0 Å². The molecule has 1 atom stereocenters. The molecule has 0 saturated carbocycles. The van der Waals surface area contributed by atoms with Crippen molar-refractivity contribution in [3.63, 3.8) is 0 Å². The molecule has 0 radical (unpaired) electrons. The number of benzene rings is 1. The summed E-state index contributed by atoms with van der Waals surface area (Å²) in [7, 11) is 0. The smallest absolute Gasteiger partial charge is 0.318 e. The molecule has 140 valence electrons. The number of likely N-dealkylation sites (tertiary alicyclic amines) is 1. The lowest BCUT2D eigenvalue weighted by atomic mass is 10.00. The fourth-order valence-corrected chi connectivity index (χ4v) is 3.77. The second kappa shape index (κ2) is 7.22. The molecular weight excluding hydrogens is 346 g/mol. The molecule has 0 bridgehead atoms. The van der Waals surface area contributed by atoms with Gasteiger partial charge in [-0.3, -0.25) is 19.6 Å². The van der Waals surface area contributed by atoms with Gasteiger partial charge >= 0.3 is 6.03 Å². The van der Waals surface area contributed by atoms with Crippen LogP contribution in [0.3, 0.4) is 0 Å². The predicted octanol–water partition coefficient (Wildman–Crippen LogP) is 1.94. The predicted molar refractivity (Wildman–Crippen MR) is 97.1 cm³/mol. The first kappa shape index (κ1) is 17.3. The molecule has 8 heteroatoms. The highest BCUT2D eigenvalue weighted by Gasteiger charge is 2.35. The van der Waals surface area contributed by atoms with E-state index >= 15 is 0 Å². The lowest BCUT2D eigenvalue weighted by Crippen LogP contribution is -2.47. The summed E-state index contributed by atoms with van der Waals surface area (Å²) in [5.74, 6) is -0.615. The fraction of sp³-hybridized carbons (Fsp3) is 0.368. The minimum Gasteiger partial charge on any atom is -0.336 e. The van der Waals surface area contributed by atoms with Crippen molar-refractivity contribution >= 4 is 17.8 Å². The Labute approximate surface area is 156 Å². The number of aromatic amines is 1. The number of rotatable bonds is 4. The number of urea groups is 1. The van der Waals surface area contributed by atoms with Crippen molar-refractivity contribution in [2.45, 2.75) is 25.3 Å². The van der Waals surface area contributed by atoms with Gasteiger partial charge in [0, 0.05) is 25.8 Å². The number of H-pyrrole nitrogens is 1. The van der Waals surface area contributed by atoms with Gasteiger partial charge in [-0.25, -0.2) is 4.79 Å². The molecule has 1 saturated heterocycles. The average Bonchev–Trinajstić information content (AvgIpc) is 3.32. The molecule has 2 N–H and O–H groups in total. The largest absolute Gasteiger partial charge is 0.336 e. The van der Waals surface area contributed by atoms with Crippen molar-refractivity contribution in [1.29, 1.82) is 0 Å². The van der Waals surface area contributed by atoms with E-state index in [0.29, 0.717) is 17.7 Å². The van der Waals surface area contributed by atoms with Crippen molar-refractivity contribution in [3.8, 4) is 0 Å². The summed E-state index contributed by atoms with van der Waals surface area (Å²) >= 11 is 0. The van der Waals surface area contributed by atoms with Gasteiger partial charge in [-0.1, -0.05) is 12.1 Å². The Kier molecular flexibility index (Phi) is 4.62. The van der Waals surface area contributed by atoms with Crippen LogP contribution in [0.5, 0.6) is 0 Å². The molecule has 1 fully saturated rings. The van der Waals surface area contributed by atoms with Crippen LogP contribution >= 0.6 is 0 Å². The van der Waals surface area contributed by atoms with Crippen molar-refractivity contribution in [2.24, 2.45) is 0 Å². The van der Waals surface area contributed by atoms with Gasteiger partial charge in [-0.05, 0) is 37.5 Å². The molecule has 4 amide bonds. The zero-order valence-electron chi connectivity index (χ0n) is 14.9. The van der Waals surface area contributed by atoms with E-state index in [2.05, 4.69) is 15.5 Å². The van der Waals surface area contributed by atoms with Gasteiger partial charge in [-0.2, -0.15) is 5.10 Å². The van der Waals surface area contributed by atoms with Crippen LogP contribution in [0.4, 0.5) is 4.79 Å². The number of hydrogen-bond acceptors (Lipinski definition) is 4. The van der Waals surface area contributed by atoms with E-state index in [1.54, 1.807) is 35.4 Å². The molecule has 1 aromatic carbocycles. The van der Waals surface area contributed by atoms with Crippen LogP contribution in [0.15, 0.2) is 36.5 Å². The Morgan fingerprint density at radius 2 is 1.89 bits per heavy atom. The van der Waals surface area contributed by atoms with Crippen LogP contribution in [0.1, 0.15) is 51.7 Å². The SMILES string of the molecule is O=C1c2ccccc2C(=O)N1CCNC(=O)N1CCCCC1c1ccn[nH]1. The summed E-state index contributed by atoms with van der Waals surface area (Å²) in [5.41, 5.74) is 1.76. The number of fused-ring (bicyclic) bond motifs is 1. The van der Waals surface area contributed by atoms with E-state index in [9.17, 15) is 14.4 Å². The second-order valence-electron chi connectivity index (χ2n) is 6.76. The zero-order chi connectivity index (χ0) is 18.8. The number of aromatic nitrogens is 2. The highest BCUT2D eigenvalue weighted by Crippen LogP contribution is 2.29. The van der Waals surface area contributed by atoms with Gasteiger partial charge in [0.1, 0.15) is 0 Å². The number of piperidine rings is 1. The van der Waals surface area contributed by atoms with Crippen LogP contribution in [0.25, 0.3) is 0 Å². The Balaban J connectivity index is 1.36. The summed E-state index contributed by atoms with van der Waals surface area (Å²) in [6, 6.07) is 8.44. The summed E-state index contributed by atoms with van der Waals surface area (Å²) < 4.78 is 0. The minimum atomic E-state index is -0.307. The molecule has 1 unspecified atom stereocenters. The van der Waals surface area contributed by atoms with E-state index in [0.717, 1.165) is 25.0 Å². The van der Waals surface area contributed by atoms with E-state index in [1.165, 1.54) is 4.90 Å². The maximum atomic E-state index is 12.7. The molecular formula is C19H21N5O3. The van der Waals surface area contributed by atoms with Gasteiger partial charge < -0.3 is 10.2 Å². The molecule has 27 heavy (non-hydrogen) atoms. The van der Waals surface area contributed by atoms with Crippen molar-refractivity contribution in [1.82, 2.24) is 25.3 Å². The first-order valence-electron chi connectivity index (χ1n) is 9.16. The number of imide groups is 1. The molecule has 2 aliphatic rings. The first-order valence-corrected chi connectivity index (χ1v) is 9.16. The number of carbonyl (C=O) groups is 3. The third kappa shape index (κ3) is 3.18. The Bertz CT molecular complexity index is 829. The maximum Gasteiger partial charge on any atom is 0.318 e. The molecule has 2 aliphatic heterocycles. The normalized spacial score (nSPS) is 19.3. The molecule has 8 nitrogen and oxygen atoms in total. The molecule has 2 aromatic rings. The molecule has 1 aromatic heterocycles. The van der Waals surface area contributed by atoms with Crippen LogP contribution in [-0.2, 0) is 0 Å². The lowest BCUT2D eigenvalue weighted by Gasteiger charge is -2.35. The molecule has 4 rings (SSSR count).